The minimum absolute atomic E-state index is 0.0520. The molecule has 0 unspecified atom stereocenters. The Morgan fingerprint density at radius 3 is 2.30 bits per heavy atom. The molecule has 1 fully saturated rings. The summed E-state index contributed by atoms with van der Waals surface area (Å²) < 4.78 is 26.5. The van der Waals surface area contributed by atoms with Crippen LogP contribution < -0.4 is 20.7 Å². The Balaban J connectivity index is 1.49. The molecule has 9 nitrogen and oxygen atoms in total. The van der Waals surface area contributed by atoms with E-state index in [1.807, 2.05) is 46.9 Å². The van der Waals surface area contributed by atoms with Gasteiger partial charge in [-0.25, -0.2) is 13.4 Å². The molecule has 1 N–H and O–H groups in total. The summed E-state index contributed by atoms with van der Waals surface area (Å²) in [6, 6.07) is 12.8. The van der Waals surface area contributed by atoms with Crippen LogP contribution >= 0.6 is 0 Å². The lowest BCUT2D eigenvalue weighted by Gasteiger charge is -2.37. The first-order valence-corrected chi connectivity index (χ1v) is 15.3. The summed E-state index contributed by atoms with van der Waals surface area (Å²) in [7, 11) is -1.59. The molecular weight excluding hydrogens is 524 g/mol. The fourth-order valence-corrected chi connectivity index (χ4v) is 6.46. The van der Waals surface area contributed by atoms with Gasteiger partial charge in [-0.15, -0.1) is 0 Å². The van der Waals surface area contributed by atoms with Crippen LogP contribution in [0.15, 0.2) is 58.4 Å². The lowest BCUT2D eigenvalue weighted by atomic mass is 9.97. The number of anilines is 3. The molecule has 1 saturated heterocycles. The highest BCUT2D eigenvalue weighted by molar-refractivity contribution is 7.90. The lowest BCUT2D eigenvalue weighted by molar-refractivity contribution is 0.602. The highest BCUT2D eigenvalue weighted by Crippen LogP contribution is 2.32. The Morgan fingerprint density at radius 2 is 1.62 bits per heavy atom. The molecule has 0 radical (unpaired) electrons. The zero-order valence-electron chi connectivity index (χ0n) is 23.9. The zero-order chi connectivity index (χ0) is 28.8. The Kier molecular flexibility index (Phi) is 7.31. The van der Waals surface area contributed by atoms with Crippen molar-refractivity contribution in [3.05, 3.63) is 81.5 Å². The van der Waals surface area contributed by atoms with Gasteiger partial charge in [-0.05, 0) is 68.5 Å². The van der Waals surface area contributed by atoms with Crippen LogP contribution in [0.2, 0.25) is 0 Å². The summed E-state index contributed by atoms with van der Waals surface area (Å²) in [4.78, 5) is 27.6. The van der Waals surface area contributed by atoms with Crippen molar-refractivity contribution in [3.63, 3.8) is 0 Å². The molecule has 0 aliphatic carbocycles. The monoisotopic (exact) mass is 560 g/mol. The van der Waals surface area contributed by atoms with Crippen LogP contribution in [-0.4, -0.2) is 55.4 Å². The van der Waals surface area contributed by atoms with Gasteiger partial charge in [0, 0.05) is 50.9 Å². The van der Waals surface area contributed by atoms with E-state index in [1.165, 1.54) is 6.26 Å². The molecule has 0 spiro atoms. The highest BCUT2D eigenvalue weighted by atomic mass is 32.2. The molecule has 4 aromatic rings. The number of aromatic nitrogens is 3. The SMILES string of the molecule is Cc1cc([C@@H](C)Nc2ccccc2S(C)(=O)=O)c2cc(N3CCN(c4ncc(C)nc4C)CC3)n(C)c(=O)c2c1. The number of hydrogen-bond acceptors (Lipinski definition) is 8. The average molecular weight is 561 g/mol. The smallest absolute Gasteiger partial charge is 0.259 e. The first-order chi connectivity index (χ1) is 18.9. The molecular formula is C30H36N6O3S. The molecule has 3 heterocycles. The molecule has 1 atom stereocenters. The number of sulfone groups is 1. The fourth-order valence-electron chi connectivity index (χ4n) is 5.61. The molecule has 5 rings (SSSR count). The summed E-state index contributed by atoms with van der Waals surface area (Å²) in [6.45, 7) is 10.9. The summed E-state index contributed by atoms with van der Waals surface area (Å²) in [6.07, 6.45) is 3.01. The van der Waals surface area contributed by atoms with Gasteiger partial charge in [-0.2, -0.15) is 0 Å². The fraction of sp³-hybridized carbons (Fsp3) is 0.367. The minimum Gasteiger partial charge on any atom is -0.377 e. The number of rotatable bonds is 6. The van der Waals surface area contributed by atoms with Crippen LogP contribution in [0, 0.1) is 20.8 Å². The molecule has 0 saturated carbocycles. The Hall–Kier alpha value is -3.92. The van der Waals surface area contributed by atoms with Crippen LogP contribution in [-0.2, 0) is 16.9 Å². The van der Waals surface area contributed by atoms with E-state index >= 15 is 0 Å². The van der Waals surface area contributed by atoms with Crippen LogP contribution in [0.1, 0.15) is 35.5 Å². The van der Waals surface area contributed by atoms with Crippen LogP contribution in [0.3, 0.4) is 0 Å². The molecule has 1 aliphatic heterocycles. The summed E-state index contributed by atoms with van der Waals surface area (Å²) in [5.74, 6) is 1.77. The standard InChI is InChI=1S/C30H36N6O3S/c1-19-15-23(21(3)33-26-9-7-8-10-27(26)40(6,38)39)24-17-28(34(5)30(37)25(24)16-19)35-11-13-36(14-12-35)29-22(4)32-20(2)18-31-29/h7-10,15-18,21,33H,11-14H2,1-6H3/t21-/m1/s1. The molecule has 1 aliphatic rings. The van der Waals surface area contributed by atoms with Gasteiger partial charge in [-0.1, -0.05) is 18.2 Å². The number of piperazine rings is 1. The number of nitrogens with zero attached hydrogens (tertiary/aromatic N) is 5. The van der Waals surface area contributed by atoms with Gasteiger partial charge in [0.2, 0.25) is 0 Å². The highest BCUT2D eigenvalue weighted by Gasteiger charge is 2.24. The van der Waals surface area contributed by atoms with Gasteiger partial charge < -0.3 is 15.1 Å². The number of fused-ring (bicyclic) bond motifs is 1. The first-order valence-electron chi connectivity index (χ1n) is 13.4. The van der Waals surface area contributed by atoms with E-state index in [1.54, 1.807) is 29.0 Å². The van der Waals surface area contributed by atoms with Crippen molar-refractivity contribution in [3.8, 4) is 0 Å². The van der Waals surface area contributed by atoms with Gasteiger partial charge in [-0.3, -0.25) is 14.3 Å². The first kappa shape index (κ1) is 27.6. The molecule has 2 aromatic carbocycles. The van der Waals surface area contributed by atoms with E-state index in [4.69, 9.17) is 0 Å². The quantitative estimate of drug-likeness (QED) is 0.375. The van der Waals surface area contributed by atoms with E-state index < -0.39 is 9.84 Å². The van der Waals surface area contributed by atoms with E-state index in [0.717, 1.165) is 65.7 Å². The Bertz CT molecular complexity index is 1760. The third kappa shape index (κ3) is 5.28. The second-order valence-electron chi connectivity index (χ2n) is 10.7. The summed E-state index contributed by atoms with van der Waals surface area (Å²) >= 11 is 0. The maximum Gasteiger partial charge on any atom is 0.259 e. The predicted molar refractivity (Wildman–Crippen MR) is 161 cm³/mol. The normalized spacial score (nSPS) is 14.9. The maximum atomic E-state index is 13.6. The Morgan fingerprint density at radius 1 is 0.950 bits per heavy atom. The topological polar surface area (TPSA) is 100 Å². The predicted octanol–water partition coefficient (Wildman–Crippen LogP) is 4.16. The van der Waals surface area contributed by atoms with Crippen molar-refractivity contribution >= 4 is 37.9 Å². The van der Waals surface area contributed by atoms with E-state index in [0.29, 0.717) is 11.1 Å². The third-order valence-corrected chi connectivity index (χ3v) is 8.73. The number of aryl methyl sites for hydroxylation is 3. The van der Waals surface area contributed by atoms with Crippen molar-refractivity contribution in [1.82, 2.24) is 14.5 Å². The molecule has 10 heteroatoms. The largest absolute Gasteiger partial charge is 0.377 e. The number of para-hydroxylation sites is 1. The van der Waals surface area contributed by atoms with Crippen molar-refractivity contribution in [1.29, 1.82) is 0 Å². The van der Waals surface area contributed by atoms with E-state index in [9.17, 15) is 13.2 Å². The van der Waals surface area contributed by atoms with Crippen molar-refractivity contribution in [2.45, 2.75) is 38.6 Å². The maximum absolute atomic E-state index is 13.6. The van der Waals surface area contributed by atoms with Gasteiger partial charge in [0.15, 0.2) is 9.84 Å². The molecule has 210 valence electrons. The van der Waals surface area contributed by atoms with Crippen LogP contribution in [0.25, 0.3) is 10.8 Å². The zero-order valence-corrected chi connectivity index (χ0v) is 24.7. The molecule has 2 aromatic heterocycles. The van der Waals surface area contributed by atoms with Gasteiger partial charge in [0.25, 0.3) is 5.56 Å². The van der Waals surface area contributed by atoms with Crippen molar-refractivity contribution in [2.75, 3.05) is 47.6 Å². The van der Waals surface area contributed by atoms with Gasteiger partial charge in [0.1, 0.15) is 11.6 Å². The van der Waals surface area contributed by atoms with Gasteiger partial charge >= 0.3 is 0 Å². The van der Waals surface area contributed by atoms with Crippen molar-refractivity contribution in [2.24, 2.45) is 7.05 Å². The van der Waals surface area contributed by atoms with Gasteiger partial charge in [0.05, 0.1) is 28.2 Å². The van der Waals surface area contributed by atoms with E-state index in [-0.39, 0.29) is 16.5 Å². The average Bonchev–Trinajstić information content (AvgIpc) is 2.90. The molecule has 0 bridgehead atoms. The lowest BCUT2D eigenvalue weighted by Crippen LogP contribution is -2.48. The minimum atomic E-state index is -3.41. The number of benzene rings is 2. The summed E-state index contributed by atoms with van der Waals surface area (Å²) in [5.41, 5.74) is 4.24. The molecule has 0 amide bonds. The second kappa shape index (κ2) is 10.6. The van der Waals surface area contributed by atoms with Crippen molar-refractivity contribution < 1.29 is 8.42 Å². The van der Waals surface area contributed by atoms with Crippen LogP contribution in [0.4, 0.5) is 17.3 Å². The Labute approximate surface area is 235 Å². The van der Waals surface area contributed by atoms with Crippen LogP contribution in [0.5, 0.6) is 0 Å². The number of nitrogens with one attached hydrogen (secondary N) is 1. The molecule has 40 heavy (non-hydrogen) atoms. The summed E-state index contributed by atoms with van der Waals surface area (Å²) in [5, 5.41) is 4.91. The third-order valence-electron chi connectivity index (χ3n) is 7.58. The van der Waals surface area contributed by atoms with E-state index in [2.05, 4.69) is 37.2 Å². The second-order valence-corrected chi connectivity index (χ2v) is 12.7. The number of pyridine rings is 1. The number of hydrogen-bond donors (Lipinski definition) is 1.